The molecule has 0 fully saturated rings. The van der Waals surface area contributed by atoms with Crippen LogP contribution in [-0.2, 0) is 24.0 Å². The summed E-state index contributed by atoms with van der Waals surface area (Å²) >= 11 is 1.69. The summed E-state index contributed by atoms with van der Waals surface area (Å²) in [7, 11) is -3.92. The minimum Gasteiger partial charge on any atom is -0.493 e. The average molecular weight is 502 g/mol. The second-order valence-electron chi connectivity index (χ2n) is 9.09. The van der Waals surface area contributed by atoms with Gasteiger partial charge in [0, 0.05) is 17.0 Å². The molecule has 0 radical (unpaired) electrons. The van der Waals surface area contributed by atoms with Crippen LogP contribution in [0.2, 0.25) is 0 Å². The topological polar surface area (TPSA) is 78.8 Å². The van der Waals surface area contributed by atoms with Crippen LogP contribution < -0.4 is 10.1 Å². The summed E-state index contributed by atoms with van der Waals surface area (Å²) in [4.78, 5) is 19.1. The van der Waals surface area contributed by atoms with Gasteiger partial charge in [0.2, 0.25) is 0 Å². The molecule has 0 aliphatic carbocycles. The lowest BCUT2D eigenvalue weighted by atomic mass is 10.0. The third kappa shape index (κ3) is 9.36. The lowest BCUT2D eigenvalue weighted by molar-refractivity contribution is 0.312. The molecular formula is C27H36NO4PS. The molecule has 3 N–H and O–H groups in total. The van der Waals surface area contributed by atoms with Crippen LogP contribution in [0.5, 0.6) is 5.75 Å². The van der Waals surface area contributed by atoms with E-state index in [1.807, 2.05) is 12.1 Å². The summed E-state index contributed by atoms with van der Waals surface area (Å²) in [5.74, 6) is 1.56. The molecule has 0 amide bonds. The van der Waals surface area contributed by atoms with Gasteiger partial charge >= 0.3 is 7.60 Å². The zero-order valence-corrected chi connectivity index (χ0v) is 21.8. The number of thiophene rings is 1. The standard InChI is InChI=1S/C27H36NO4PS/c1-21(2)18-23-10-8-22(9-11-23)6-3-15-32-26-13-12-24(19-25(26)27-7-4-17-34-27)20-28-14-5-16-33(29,30)31/h4,7-13,17,19,21,28H,3,5-6,14-16,18,20H2,1-2H3,(H2,29,30,31). The summed E-state index contributed by atoms with van der Waals surface area (Å²) < 4.78 is 17.2. The van der Waals surface area contributed by atoms with E-state index in [0.29, 0.717) is 32.0 Å². The zero-order chi connectivity index (χ0) is 24.4. The van der Waals surface area contributed by atoms with Crippen LogP contribution in [0.4, 0.5) is 0 Å². The molecule has 2 aromatic carbocycles. The Morgan fingerprint density at radius 3 is 2.41 bits per heavy atom. The Bertz CT molecular complexity index is 1050. The molecule has 0 aliphatic rings. The fourth-order valence-corrected chi connectivity index (χ4v) is 5.17. The fraction of sp³-hybridized carbons (Fsp3) is 0.407. The average Bonchev–Trinajstić information content (AvgIpc) is 3.32. The van der Waals surface area contributed by atoms with Gasteiger partial charge in [-0.3, -0.25) is 4.57 Å². The zero-order valence-electron chi connectivity index (χ0n) is 20.1. The van der Waals surface area contributed by atoms with Crippen molar-refractivity contribution in [3.8, 4) is 16.2 Å². The third-order valence-corrected chi connectivity index (χ3v) is 7.30. The maximum absolute atomic E-state index is 11.0. The van der Waals surface area contributed by atoms with Crippen LogP contribution in [0, 0.1) is 5.92 Å². The third-order valence-electron chi connectivity index (χ3n) is 5.50. The van der Waals surface area contributed by atoms with E-state index < -0.39 is 7.60 Å². The van der Waals surface area contributed by atoms with Gasteiger partial charge in [0.25, 0.3) is 0 Å². The molecule has 0 aliphatic heterocycles. The van der Waals surface area contributed by atoms with Crippen LogP contribution in [0.15, 0.2) is 60.0 Å². The number of nitrogens with one attached hydrogen (secondary N) is 1. The molecule has 0 atom stereocenters. The smallest absolute Gasteiger partial charge is 0.325 e. The summed E-state index contributed by atoms with van der Waals surface area (Å²) in [5.41, 5.74) is 4.94. The predicted molar refractivity (Wildman–Crippen MR) is 142 cm³/mol. The molecule has 0 saturated heterocycles. The number of ether oxygens (including phenoxy) is 1. The Labute approximate surface area is 207 Å². The van der Waals surface area contributed by atoms with E-state index in [4.69, 9.17) is 14.5 Å². The summed E-state index contributed by atoms with van der Waals surface area (Å²) in [5, 5.41) is 5.33. The molecule has 5 nitrogen and oxygen atoms in total. The second-order valence-corrected chi connectivity index (χ2v) is 11.8. The molecule has 0 spiro atoms. The molecule has 1 aromatic heterocycles. The van der Waals surface area contributed by atoms with E-state index in [1.165, 1.54) is 16.0 Å². The molecule has 0 bridgehead atoms. The van der Waals surface area contributed by atoms with E-state index >= 15 is 0 Å². The number of rotatable bonds is 14. The second kappa shape index (κ2) is 13.2. The van der Waals surface area contributed by atoms with Crippen molar-refractivity contribution in [1.82, 2.24) is 5.32 Å². The highest BCUT2D eigenvalue weighted by molar-refractivity contribution is 7.51. The molecule has 34 heavy (non-hydrogen) atoms. The SMILES string of the molecule is CC(C)Cc1ccc(CCCOc2ccc(CNCCCP(=O)(O)O)cc2-c2cccs2)cc1. The van der Waals surface area contributed by atoms with Crippen molar-refractivity contribution in [1.29, 1.82) is 0 Å². The van der Waals surface area contributed by atoms with Gasteiger partial charge < -0.3 is 19.8 Å². The predicted octanol–water partition coefficient (Wildman–Crippen LogP) is 6.28. The van der Waals surface area contributed by atoms with Crippen molar-refractivity contribution >= 4 is 18.9 Å². The number of hydrogen-bond donors (Lipinski definition) is 3. The van der Waals surface area contributed by atoms with Gasteiger partial charge in [0.05, 0.1) is 12.8 Å². The molecule has 3 aromatic rings. The molecule has 0 saturated carbocycles. The van der Waals surface area contributed by atoms with Gasteiger partial charge in [0.15, 0.2) is 0 Å². The highest BCUT2D eigenvalue weighted by Crippen LogP contribution is 2.35. The first-order valence-electron chi connectivity index (χ1n) is 11.9. The van der Waals surface area contributed by atoms with Crippen LogP contribution in [0.3, 0.4) is 0 Å². The van der Waals surface area contributed by atoms with Crippen molar-refractivity contribution in [3.05, 3.63) is 76.7 Å². The summed E-state index contributed by atoms with van der Waals surface area (Å²) in [6.07, 6.45) is 3.43. The molecular weight excluding hydrogens is 465 g/mol. The van der Waals surface area contributed by atoms with Gasteiger partial charge in [-0.05, 0) is 78.4 Å². The van der Waals surface area contributed by atoms with Gasteiger partial charge in [-0.2, -0.15) is 0 Å². The van der Waals surface area contributed by atoms with Crippen LogP contribution in [0.25, 0.3) is 10.4 Å². The first-order valence-corrected chi connectivity index (χ1v) is 14.6. The lowest BCUT2D eigenvalue weighted by Crippen LogP contribution is -2.16. The highest BCUT2D eigenvalue weighted by atomic mass is 32.1. The van der Waals surface area contributed by atoms with E-state index in [-0.39, 0.29) is 6.16 Å². The van der Waals surface area contributed by atoms with E-state index in [9.17, 15) is 4.57 Å². The Morgan fingerprint density at radius 1 is 1.00 bits per heavy atom. The van der Waals surface area contributed by atoms with Gasteiger partial charge in [-0.1, -0.05) is 50.2 Å². The summed E-state index contributed by atoms with van der Waals surface area (Å²) in [6.45, 7) is 6.36. The monoisotopic (exact) mass is 501 g/mol. The van der Waals surface area contributed by atoms with Crippen molar-refractivity contribution in [2.75, 3.05) is 19.3 Å². The van der Waals surface area contributed by atoms with Crippen LogP contribution in [0.1, 0.15) is 43.4 Å². The molecule has 0 unspecified atom stereocenters. The Morgan fingerprint density at radius 2 is 1.74 bits per heavy atom. The van der Waals surface area contributed by atoms with Gasteiger partial charge in [-0.15, -0.1) is 11.3 Å². The maximum Gasteiger partial charge on any atom is 0.325 e. The minimum atomic E-state index is -3.92. The quantitative estimate of drug-likeness (QED) is 0.179. The van der Waals surface area contributed by atoms with Gasteiger partial charge in [0.1, 0.15) is 5.75 Å². The minimum absolute atomic E-state index is 0.0880. The molecule has 7 heteroatoms. The number of aryl methyl sites for hydroxylation is 1. The fourth-order valence-electron chi connectivity index (χ4n) is 3.85. The van der Waals surface area contributed by atoms with Crippen molar-refractivity contribution in [3.63, 3.8) is 0 Å². The molecule has 3 rings (SSSR count). The van der Waals surface area contributed by atoms with Crippen LogP contribution >= 0.6 is 18.9 Å². The van der Waals surface area contributed by atoms with Crippen molar-refractivity contribution in [2.24, 2.45) is 5.92 Å². The van der Waals surface area contributed by atoms with Crippen molar-refractivity contribution in [2.45, 2.75) is 46.1 Å². The van der Waals surface area contributed by atoms with E-state index in [2.05, 4.69) is 67.0 Å². The maximum atomic E-state index is 11.0. The normalized spacial score (nSPS) is 11.8. The molecule has 184 valence electrons. The Kier molecular flexibility index (Phi) is 10.4. The van der Waals surface area contributed by atoms with E-state index in [1.54, 1.807) is 11.3 Å². The van der Waals surface area contributed by atoms with Gasteiger partial charge in [-0.25, -0.2) is 0 Å². The van der Waals surface area contributed by atoms with Crippen LogP contribution in [-0.4, -0.2) is 29.1 Å². The first-order chi connectivity index (χ1) is 16.3. The lowest BCUT2D eigenvalue weighted by Gasteiger charge is -2.13. The van der Waals surface area contributed by atoms with E-state index in [0.717, 1.165) is 36.1 Å². The Hall–Kier alpha value is -1.95. The molecule has 1 heterocycles. The number of benzene rings is 2. The highest BCUT2D eigenvalue weighted by Gasteiger charge is 2.12. The largest absolute Gasteiger partial charge is 0.493 e. The Balaban J connectivity index is 1.52. The van der Waals surface area contributed by atoms with Crippen molar-refractivity contribution < 1.29 is 19.1 Å². The summed E-state index contributed by atoms with van der Waals surface area (Å²) in [6, 6.07) is 19.3. The number of hydrogen-bond acceptors (Lipinski definition) is 4. The first kappa shape index (κ1) is 26.7.